The molecule has 1 heterocycles. The fourth-order valence-corrected chi connectivity index (χ4v) is 3.88. The molecule has 3 aromatic rings. The average molecular weight is 451 g/mol. The first-order chi connectivity index (χ1) is 15.9. The van der Waals surface area contributed by atoms with Crippen LogP contribution in [0.5, 0.6) is 17.2 Å². The van der Waals surface area contributed by atoms with Crippen LogP contribution in [-0.2, 0) is 16.0 Å². The highest BCUT2D eigenvalue weighted by Crippen LogP contribution is 2.40. The monoisotopic (exact) mass is 451 g/mol. The quantitative estimate of drug-likeness (QED) is 0.566. The number of carboxylic acid groups (broad SMARTS) is 1. The first kappa shape index (κ1) is 21.9. The van der Waals surface area contributed by atoms with E-state index in [-0.39, 0.29) is 16.7 Å². The molecule has 0 saturated heterocycles. The number of fused-ring (bicyclic) bond motifs is 2. The van der Waals surface area contributed by atoms with Gasteiger partial charge in [0.05, 0.1) is 26.7 Å². The van der Waals surface area contributed by atoms with E-state index in [1.54, 1.807) is 12.1 Å². The number of allylic oxidation sites excluding steroid dienone is 1. The van der Waals surface area contributed by atoms with Crippen molar-refractivity contribution in [3.05, 3.63) is 57.4 Å². The van der Waals surface area contributed by atoms with E-state index in [0.29, 0.717) is 46.8 Å². The standard InChI is InChI=1S/C24H21NO8/c1-30-18-9-12(10-19(31-2)22(18)32-3)8-13-4-6-16-20(26)15-7-5-14(25-23(27)24(28)29)11-17(15)33-21(13)16/h5,7-11H,4,6H2,1-3H3,(H,25,27)(H,28,29). The molecular formula is C24H21NO8. The van der Waals surface area contributed by atoms with Crippen LogP contribution >= 0.6 is 0 Å². The second-order valence-electron chi connectivity index (χ2n) is 7.34. The fraction of sp³-hybridized carbons (Fsp3) is 0.208. The Bertz CT molecular complexity index is 1340. The summed E-state index contributed by atoms with van der Waals surface area (Å²) in [7, 11) is 4.59. The molecule has 0 radical (unpaired) electrons. The summed E-state index contributed by atoms with van der Waals surface area (Å²) in [4.78, 5) is 35.3. The van der Waals surface area contributed by atoms with E-state index in [0.717, 1.165) is 11.1 Å². The summed E-state index contributed by atoms with van der Waals surface area (Å²) in [6, 6.07) is 8.01. The lowest BCUT2D eigenvalue weighted by atomic mass is 10.1. The van der Waals surface area contributed by atoms with Gasteiger partial charge >= 0.3 is 11.9 Å². The number of carbonyl (C=O) groups is 2. The highest BCUT2D eigenvalue weighted by atomic mass is 16.5. The van der Waals surface area contributed by atoms with Gasteiger partial charge in [-0.1, -0.05) is 0 Å². The first-order valence-corrected chi connectivity index (χ1v) is 10.0. The number of aliphatic carboxylic acids is 1. The van der Waals surface area contributed by atoms with E-state index in [4.69, 9.17) is 23.7 Å². The smallest absolute Gasteiger partial charge is 0.394 e. The molecule has 1 aliphatic rings. The Balaban J connectivity index is 1.80. The molecule has 33 heavy (non-hydrogen) atoms. The SMILES string of the molecule is COc1cc(C=C2CCc3c2oc2cc(NC(=O)C(=O)O)ccc2c3=O)cc(OC)c1OC. The fourth-order valence-electron chi connectivity index (χ4n) is 3.88. The number of rotatable bonds is 5. The number of methoxy groups -OCH3 is 3. The van der Waals surface area contributed by atoms with Crippen molar-refractivity contribution in [3.63, 3.8) is 0 Å². The zero-order valence-corrected chi connectivity index (χ0v) is 18.2. The van der Waals surface area contributed by atoms with Crippen LogP contribution in [0.4, 0.5) is 5.69 Å². The summed E-state index contributed by atoms with van der Waals surface area (Å²) in [5.41, 5.74) is 2.47. The van der Waals surface area contributed by atoms with Crippen LogP contribution < -0.4 is 25.0 Å². The number of carboxylic acids is 1. The lowest BCUT2D eigenvalue weighted by molar-refractivity contribution is -0.147. The van der Waals surface area contributed by atoms with Gasteiger partial charge in [-0.3, -0.25) is 9.59 Å². The lowest BCUT2D eigenvalue weighted by Gasteiger charge is -2.13. The van der Waals surface area contributed by atoms with Gasteiger partial charge in [0.2, 0.25) is 5.75 Å². The van der Waals surface area contributed by atoms with Crippen LogP contribution in [0, 0.1) is 0 Å². The van der Waals surface area contributed by atoms with Gasteiger partial charge in [-0.15, -0.1) is 0 Å². The van der Waals surface area contributed by atoms with Crippen molar-refractivity contribution in [1.82, 2.24) is 0 Å². The summed E-state index contributed by atoms with van der Waals surface area (Å²) < 4.78 is 22.2. The Hall–Kier alpha value is -4.27. The Morgan fingerprint density at radius 2 is 1.73 bits per heavy atom. The highest BCUT2D eigenvalue weighted by molar-refractivity contribution is 6.36. The Morgan fingerprint density at radius 1 is 1.03 bits per heavy atom. The second kappa shape index (κ2) is 8.70. The molecule has 0 atom stereocenters. The normalized spacial score (nSPS) is 13.6. The molecule has 2 aromatic carbocycles. The number of ether oxygens (including phenoxy) is 3. The largest absolute Gasteiger partial charge is 0.493 e. The van der Waals surface area contributed by atoms with E-state index < -0.39 is 11.9 Å². The van der Waals surface area contributed by atoms with Crippen molar-refractivity contribution in [2.24, 2.45) is 0 Å². The van der Waals surface area contributed by atoms with Gasteiger partial charge in [-0.25, -0.2) is 4.79 Å². The van der Waals surface area contributed by atoms with E-state index in [2.05, 4.69) is 5.32 Å². The summed E-state index contributed by atoms with van der Waals surface area (Å²) in [5, 5.41) is 11.4. The topological polar surface area (TPSA) is 124 Å². The van der Waals surface area contributed by atoms with Crippen molar-refractivity contribution in [3.8, 4) is 17.2 Å². The summed E-state index contributed by atoms with van der Waals surface area (Å²) in [5.74, 6) is -0.853. The van der Waals surface area contributed by atoms with E-state index >= 15 is 0 Å². The molecule has 4 rings (SSSR count). The van der Waals surface area contributed by atoms with E-state index in [1.807, 2.05) is 6.08 Å². The zero-order chi connectivity index (χ0) is 23.7. The minimum absolute atomic E-state index is 0.157. The van der Waals surface area contributed by atoms with Gasteiger partial charge < -0.3 is 29.1 Å². The van der Waals surface area contributed by atoms with Crippen molar-refractivity contribution < 1.29 is 33.3 Å². The minimum Gasteiger partial charge on any atom is -0.493 e. The number of hydrogen-bond donors (Lipinski definition) is 2. The number of amides is 1. The van der Waals surface area contributed by atoms with Gasteiger partial charge in [0.25, 0.3) is 0 Å². The van der Waals surface area contributed by atoms with Crippen LogP contribution in [0.15, 0.2) is 39.5 Å². The van der Waals surface area contributed by atoms with Gasteiger partial charge in [0.1, 0.15) is 11.3 Å². The van der Waals surface area contributed by atoms with Crippen LogP contribution in [0.1, 0.15) is 23.3 Å². The highest BCUT2D eigenvalue weighted by Gasteiger charge is 2.25. The summed E-state index contributed by atoms with van der Waals surface area (Å²) >= 11 is 0. The third-order valence-corrected chi connectivity index (χ3v) is 5.40. The molecule has 9 heteroatoms. The van der Waals surface area contributed by atoms with Crippen molar-refractivity contribution >= 4 is 40.2 Å². The maximum absolute atomic E-state index is 13.0. The minimum atomic E-state index is -1.61. The van der Waals surface area contributed by atoms with Gasteiger partial charge in [-0.05, 0) is 54.3 Å². The molecular weight excluding hydrogens is 430 g/mol. The predicted octanol–water partition coefficient (Wildman–Crippen LogP) is 3.33. The number of benzene rings is 2. The lowest BCUT2D eigenvalue weighted by Crippen LogP contribution is -2.21. The number of carbonyl (C=O) groups excluding carboxylic acids is 1. The molecule has 0 saturated carbocycles. The number of hydrogen-bond acceptors (Lipinski definition) is 7. The molecule has 170 valence electrons. The van der Waals surface area contributed by atoms with Gasteiger partial charge in [0, 0.05) is 17.3 Å². The summed E-state index contributed by atoms with van der Waals surface area (Å²) in [6.45, 7) is 0. The molecule has 9 nitrogen and oxygen atoms in total. The predicted molar refractivity (Wildman–Crippen MR) is 121 cm³/mol. The maximum Gasteiger partial charge on any atom is 0.394 e. The zero-order valence-electron chi connectivity index (χ0n) is 18.2. The summed E-state index contributed by atoms with van der Waals surface area (Å²) in [6.07, 6.45) is 3.02. The van der Waals surface area contributed by atoms with Gasteiger partial charge in [-0.2, -0.15) is 0 Å². The van der Waals surface area contributed by atoms with Crippen LogP contribution in [-0.4, -0.2) is 38.3 Å². The molecule has 0 bridgehead atoms. The average Bonchev–Trinajstić information content (AvgIpc) is 3.20. The second-order valence-corrected chi connectivity index (χ2v) is 7.34. The van der Waals surface area contributed by atoms with Gasteiger partial charge in [0.15, 0.2) is 16.9 Å². The molecule has 1 aliphatic carbocycles. The Morgan fingerprint density at radius 3 is 2.33 bits per heavy atom. The van der Waals surface area contributed by atoms with Crippen LogP contribution in [0.3, 0.4) is 0 Å². The molecule has 0 fully saturated rings. The number of anilines is 1. The molecule has 1 amide bonds. The van der Waals surface area contributed by atoms with Crippen molar-refractivity contribution in [1.29, 1.82) is 0 Å². The molecule has 0 unspecified atom stereocenters. The number of nitrogens with one attached hydrogen (secondary N) is 1. The Kier molecular flexibility index (Phi) is 5.78. The van der Waals surface area contributed by atoms with Crippen molar-refractivity contribution in [2.75, 3.05) is 26.6 Å². The molecule has 1 aromatic heterocycles. The first-order valence-electron chi connectivity index (χ1n) is 10.0. The van der Waals surface area contributed by atoms with E-state index in [1.165, 1.54) is 39.5 Å². The molecule has 2 N–H and O–H groups in total. The molecule has 0 aliphatic heterocycles. The maximum atomic E-state index is 13.0. The van der Waals surface area contributed by atoms with Crippen molar-refractivity contribution in [2.45, 2.75) is 12.8 Å². The Labute approximate surface area is 188 Å². The molecule has 0 spiro atoms. The third-order valence-electron chi connectivity index (χ3n) is 5.40. The van der Waals surface area contributed by atoms with Crippen LogP contribution in [0.2, 0.25) is 0 Å². The van der Waals surface area contributed by atoms with E-state index in [9.17, 15) is 14.4 Å². The van der Waals surface area contributed by atoms with Crippen LogP contribution in [0.25, 0.3) is 22.6 Å². The third kappa shape index (κ3) is 4.00.